The number of likely N-dealkylation sites (tertiary alicyclic amines) is 1. The molecule has 0 saturated carbocycles. The topological polar surface area (TPSA) is 112 Å². The van der Waals surface area contributed by atoms with E-state index in [1.54, 1.807) is 30.6 Å². The molecular weight excluding hydrogens is 382 g/mol. The Labute approximate surface area is 172 Å². The molecule has 0 aliphatic carbocycles. The number of ether oxygens (including phenoxy) is 1. The summed E-state index contributed by atoms with van der Waals surface area (Å²) in [5, 5.41) is 10.1. The highest BCUT2D eigenvalue weighted by Crippen LogP contribution is 2.29. The number of amides is 1. The molecule has 3 aromatic rings. The molecule has 8 heteroatoms. The number of aromatic amines is 1. The molecule has 150 valence electrons. The third kappa shape index (κ3) is 3.42. The summed E-state index contributed by atoms with van der Waals surface area (Å²) >= 11 is 0. The van der Waals surface area contributed by atoms with Crippen LogP contribution in [0.25, 0.3) is 16.6 Å². The second kappa shape index (κ2) is 8.17. The van der Waals surface area contributed by atoms with E-state index >= 15 is 0 Å². The van der Waals surface area contributed by atoms with Crippen LogP contribution in [-0.2, 0) is 4.79 Å². The number of pyridine rings is 2. The lowest BCUT2D eigenvalue weighted by molar-refractivity contribution is -0.126. The number of piperidine rings is 1. The maximum atomic E-state index is 12.9. The maximum absolute atomic E-state index is 12.9. The van der Waals surface area contributed by atoms with Gasteiger partial charge in [0.25, 0.3) is 11.7 Å². The molecule has 1 aliphatic rings. The molecular formula is C22H19N5O3. The standard InChI is InChI=1S/C22H19N5O3/c1-30-18-5-9-25-21-19(18)16(13-26-21)20(28)22(29)27-10-6-14(7-11-27)15(12-23)17-4-2-3-8-24-17/h2-5,8-9,13H,6-7,10-11H2,1H3,(H,25,26). The highest BCUT2D eigenvalue weighted by Gasteiger charge is 2.29. The zero-order chi connectivity index (χ0) is 21.1. The SMILES string of the molecule is COc1ccnc2[nH]cc(C(=O)C(=O)N3CCC(=C(C#N)c4ccccn4)CC3)c12. The smallest absolute Gasteiger partial charge is 0.295 e. The van der Waals surface area contributed by atoms with Crippen molar-refractivity contribution in [2.45, 2.75) is 12.8 Å². The molecule has 0 unspecified atom stereocenters. The monoisotopic (exact) mass is 401 g/mol. The quantitative estimate of drug-likeness (QED) is 0.409. The molecule has 0 radical (unpaired) electrons. The molecule has 4 heterocycles. The fourth-order valence-electron chi connectivity index (χ4n) is 3.69. The number of nitrogens with one attached hydrogen (secondary N) is 1. The number of rotatable bonds is 4. The van der Waals surface area contributed by atoms with Gasteiger partial charge in [0.15, 0.2) is 0 Å². The predicted octanol–water partition coefficient (Wildman–Crippen LogP) is 2.75. The van der Waals surface area contributed by atoms with E-state index in [4.69, 9.17) is 4.74 Å². The van der Waals surface area contributed by atoms with Crippen molar-refractivity contribution in [3.8, 4) is 11.8 Å². The van der Waals surface area contributed by atoms with Crippen LogP contribution in [0.15, 0.2) is 48.4 Å². The van der Waals surface area contributed by atoms with Gasteiger partial charge >= 0.3 is 0 Å². The van der Waals surface area contributed by atoms with Gasteiger partial charge in [-0.2, -0.15) is 5.26 Å². The number of hydrogen-bond donors (Lipinski definition) is 1. The number of fused-ring (bicyclic) bond motifs is 1. The number of Topliss-reactive ketones (excluding diaryl/α,β-unsaturated/α-hetero) is 1. The summed E-state index contributed by atoms with van der Waals surface area (Å²) in [7, 11) is 1.50. The number of carbonyl (C=O) groups excluding carboxylic acids is 2. The summed E-state index contributed by atoms with van der Waals surface area (Å²) in [6.45, 7) is 0.741. The van der Waals surface area contributed by atoms with Crippen molar-refractivity contribution in [1.29, 1.82) is 5.26 Å². The Bertz CT molecular complexity index is 1180. The van der Waals surface area contributed by atoms with E-state index in [2.05, 4.69) is 21.0 Å². The summed E-state index contributed by atoms with van der Waals surface area (Å²) < 4.78 is 5.32. The van der Waals surface area contributed by atoms with E-state index in [-0.39, 0.29) is 5.56 Å². The molecule has 1 fully saturated rings. The lowest BCUT2D eigenvalue weighted by Crippen LogP contribution is -2.40. The fraction of sp³-hybridized carbons (Fsp3) is 0.227. The van der Waals surface area contributed by atoms with E-state index in [0.717, 1.165) is 5.57 Å². The van der Waals surface area contributed by atoms with Crippen LogP contribution in [0.3, 0.4) is 0 Å². The van der Waals surface area contributed by atoms with Crippen LogP contribution in [-0.4, -0.2) is 51.7 Å². The van der Waals surface area contributed by atoms with E-state index in [1.807, 2.05) is 6.07 Å². The van der Waals surface area contributed by atoms with Gasteiger partial charge in [0.1, 0.15) is 17.5 Å². The third-order valence-electron chi connectivity index (χ3n) is 5.23. The number of allylic oxidation sites excluding steroid dienone is 1. The normalized spacial score (nSPS) is 13.7. The van der Waals surface area contributed by atoms with E-state index < -0.39 is 11.7 Å². The van der Waals surface area contributed by atoms with Gasteiger partial charge in [-0.25, -0.2) is 4.98 Å². The number of nitrogens with zero attached hydrogens (tertiary/aromatic N) is 4. The number of hydrogen-bond acceptors (Lipinski definition) is 6. The minimum atomic E-state index is -0.606. The first kappa shape index (κ1) is 19.3. The summed E-state index contributed by atoms with van der Waals surface area (Å²) in [6, 6.07) is 9.31. The van der Waals surface area contributed by atoms with Crippen molar-refractivity contribution in [2.75, 3.05) is 20.2 Å². The Hall–Kier alpha value is -3.99. The average molecular weight is 401 g/mol. The Morgan fingerprint density at radius 3 is 2.63 bits per heavy atom. The molecule has 0 bridgehead atoms. The molecule has 8 nitrogen and oxygen atoms in total. The molecule has 1 saturated heterocycles. The van der Waals surface area contributed by atoms with Crippen molar-refractivity contribution in [1.82, 2.24) is 19.9 Å². The molecule has 4 rings (SSSR count). The number of carbonyl (C=O) groups is 2. The minimum Gasteiger partial charge on any atom is -0.496 e. The lowest BCUT2D eigenvalue weighted by atomic mass is 9.96. The second-order valence-electron chi connectivity index (χ2n) is 6.87. The molecule has 0 aromatic carbocycles. The van der Waals surface area contributed by atoms with E-state index in [0.29, 0.717) is 54.0 Å². The van der Waals surface area contributed by atoms with Crippen molar-refractivity contribution >= 4 is 28.3 Å². The predicted molar refractivity (Wildman–Crippen MR) is 110 cm³/mol. The third-order valence-corrected chi connectivity index (χ3v) is 5.23. The maximum Gasteiger partial charge on any atom is 0.295 e. The number of H-pyrrole nitrogens is 1. The molecule has 30 heavy (non-hydrogen) atoms. The summed E-state index contributed by atoms with van der Waals surface area (Å²) in [6.07, 6.45) is 5.76. The fourth-order valence-corrected chi connectivity index (χ4v) is 3.69. The Kier molecular flexibility index (Phi) is 5.26. The molecule has 1 N–H and O–H groups in total. The first-order chi connectivity index (χ1) is 14.6. The van der Waals surface area contributed by atoms with Crippen molar-refractivity contribution < 1.29 is 14.3 Å². The molecule has 3 aromatic heterocycles. The van der Waals surface area contributed by atoms with Gasteiger partial charge in [-0.3, -0.25) is 14.6 Å². The van der Waals surface area contributed by atoms with Crippen molar-refractivity contribution in [3.63, 3.8) is 0 Å². The van der Waals surface area contributed by atoms with Crippen LogP contribution in [0, 0.1) is 11.3 Å². The zero-order valence-corrected chi connectivity index (χ0v) is 16.4. The van der Waals surface area contributed by atoms with Gasteiger partial charge < -0.3 is 14.6 Å². The Morgan fingerprint density at radius 2 is 1.97 bits per heavy atom. The molecule has 1 amide bonds. The van der Waals surface area contributed by atoms with Gasteiger partial charge in [-0.05, 0) is 36.6 Å². The van der Waals surface area contributed by atoms with Crippen molar-refractivity contribution in [3.05, 3.63) is 59.7 Å². The van der Waals surface area contributed by atoms with E-state index in [1.165, 1.54) is 18.2 Å². The van der Waals surface area contributed by atoms with Gasteiger partial charge in [0.2, 0.25) is 0 Å². The van der Waals surface area contributed by atoms with E-state index in [9.17, 15) is 14.9 Å². The highest BCUT2D eigenvalue weighted by molar-refractivity contribution is 6.45. The summed E-state index contributed by atoms with van der Waals surface area (Å²) in [5.41, 5.74) is 2.85. The number of methoxy groups -OCH3 is 1. The Balaban J connectivity index is 1.53. The zero-order valence-electron chi connectivity index (χ0n) is 16.4. The van der Waals surface area contributed by atoms with Gasteiger partial charge in [0, 0.05) is 31.7 Å². The Morgan fingerprint density at radius 1 is 1.17 bits per heavy atom. The number of ketones is 1. The van der Waals surface area contributed by atoms with Gasteiger partial charge in [-0.15, -0.1) is 0 Å². The van der Waals surface area contributed by atoms with Crippen LogP contribution < -0.4 is 4.74 Å². The molecule has 1 aliphatic heterocycles. The highest BCUT2D eigenvalue weighted by atomic mass is 16.5. The first-order valence-electron chi connectivity index (χ1n) is 9.51. The van der Waals surface area contributed by atoms with Crippen LogP contribution in [0.2, 0.25) is 0 Å². The summed E-state index contributed by atoms with van der Waals surface area (Å²) in [5.74, 6) is -0.697. The van der Waals surface area contributed by atoms with Crippen LogP contribution in [0.5, 0.6) is 5.75 Å². The first-order valence-corrected chi connectivity index (χ1v) is 9.51. The average Bonchev–Trinajstić information content (AvgIpc) is 3.24. The minimum absolute atomic E-state index is 0.243. The molecule has 0 atom stereocenters. The molecule has 0 spiro atoms. The summed E-state index contributed by atoms with van der Waals surface area (Å²) in [4.78, 5) is 38.6. The number of aromatic nitrogens is 3. The van der Waals surface area contributed by atoms with Gasteiger partial charge in [0.05, 0.1) is 29.3 Å². The van der Waals surface area contributed by atoms with Crippen LogP contribution >= 0.6 is 0 Å². The second-order valence-corrected chi connectivity index (χ2v) is 6.87. The van der Waals surface area contributed by atoms with Crippen LogP contribution in [0.4, 0.5) is 0 Å². The van der Waals surface area contributed by atoms with Crippen molar-refractivity contribution in [2.24, 2.45) is 0 Å². The van der Waals surface area contributed by atoms with Crippen LogP contribution in [0.1, 0.15) is 28.9 Å². The largest absolute Gasteiger partial charge is 0.496 e. The van der Waals surface area contributed by atoms with Gasteiger partial charge in [-0.1, -0.05) is 6.07 Å². The lowest BCUT2D eigenvalue weighted by Gasteiger charge is -2.28. The number of nitriles is 1.